The van der Waals surface area contributed by atoms with Gasteiger partial charge in [-0.15, -0.1) is 0 Å². The average Bonchev–Trinajstić information content (AvgIpc) is 2.86. The molecule has 2 aliphatic rings. The van der Waals surface area contributed by atoms with Gasteiger partial charge in [-0.1, -0.05) is 6.07 Å². The minimum Gasteiger partial charge on any atom is -0.488 e. The van der Waals surface area contributed by atoms with E-state index in [1.54, 1.807) is 24.7 Å². The summed E-state index contributed by atoms with van der Waals surface area (Å²) in [5, 5.41) is 3.10. The SMILES string of the molecule is O=C(N[C@H]1CC[C@@H](Oc2cc(N3CCOCC3)cc3nccnc23)CC1)c1ccccn1. The van der Waals surface area contributed by atoms with Crippen LogP contribution in [0.25, 0.3) is 11.0 Å². The van der Waals surface area contributed by atoms with Gasteiger partial charge in [-0.3, -0.25) is 14.8 Å². The molecule has 0 spiro atoms. The molecule has 1 aromatic carbocycles. The van der Waals surface area contributed by atoms with Gasteiger partial charge in [0.1, 0.15) is 17.0 Å². The van der Waals surface area contributed by atoms with Crippen LogP contribution in [0.5, 0.6) is 5.75 Å². The van der Waals surface area contributed by atoms with Crippen LogP contribution in [-0.2, 0) is 4.74 Å². The van der Waals surface area contributed by atoms with Crippen LogP contribution < -0.4 is 15.0 Å². The minimum atomic E-state index is -0.116. The number of nitrogens with zero attached hydrogens (tertiary/aromatic N) is 4. The Morgan fingerprint density at radius 1 is 1.00 bits per heavy atom. The van der Waals surface area contributed by atoms with E-state index in [0.29, 0.717) is 5.69 Å². The van der Waals surface area contributed by atoms with Gasteiger partial charge in [-0.2, -0.15) is 0 Å². The molecule has 0 bridgehead atoms. The number of carbonyl (C=O) groups excluding carboxylic acids is 1. The molecule has 166 valence electrons. The smallest absolute Gasteiger partial charge is 0.270 e. The van der Waals surface area contributed by atoms with Crippen molar-refractivity contribution in [3.05, 3.63) is 54.6 Å². The van der Waals surface area contributed by atoms with Gasteiger partial charge in [-0.05, 0) is 43.9 Å². The van der Waals surface area contributed by atoms with Gasteiger partial charge in [-0.25, -0.2) is 4.98 Å². The highest BCUT2D eigenvalue weighted by Crippen LogP contribution is 2.33. The van der Waals surface area contributed by atoms with Crippen molar-refractivity contribution in [1.29, 1.82) is 0 Å². The third-order valence-electron chi connectivity index (χ3n) is 6.10. The second kappa shape index (κ2) is 9.48. The number of pyridine rings is 1. The van der Waals surface area contributed by atoms with Crippen molar-refractivity contribution < 1.29 is 14.3 Å². The Labute approximate surface area is 187 Å². The number of carbonyl (C=O) groups is 1. The molecule has 1 amide bonds. The third-order valence-corrected chi connectivity index (χ3v) is 6.10. The highest BCUT2D eigenvalue weighted by Gasteiger charge is 2.25. The second-order valence-corrected chi connectivity index (χ2v) is 8.25. The summed E-state index contributed by atoms with van der Waals surface area (Å²) < 4.78 is 11.9. The maximum absolute atomic E-state index is 12.4. The fourth-order valence-electron chi connectivity index (χ4n) is 4.38. The lowest BCUT2D eigenvalue weighted by Gasteiger charge is -2.31. The number of hydrogen-bond donors (Lipinski definition) is 1. The number of nitrogens with one attached hydrogen (secondary N) is 1. The molecular formula is C24H27N5O3. The first-order valence-corrected chi connectivity index (χ1v) is 11.2. The van der Waals surface area contributed by atoms with Crippen LogP contribution in [0.15, 0.2) is 48.9 Å². The highest BCUT2D eigenvalue weighted by molar-refractivity contribution is 5.92. The topological polar surface area (TPSA) is 89.5 Å². The van der Waals surface area contributed by atoms with Crippen LogP contribution in [0.2, 0.25) is 0 Å². The van der Waals surface area contributed by atoms with Crippen LogP contribution in [0, 0.1) is 0 Å². The number of ether oxygens (including phenoxy) is 2. The van der Waals surface area contributed by atoms with Crippen molar-refractivity contribution in [2.45, 2.75) is 37.8 Å². The maximum Gasteiger partial charge on any atom is 0.270 e. The van der Waals surface area contributed by atoms with Gasteiger partial charge in [0.15, 0.2) is 0 Å². The molecule has 1 saturated carbocycles. The lowest BCUT2D eigenvalue weighted by molar-refractivity contribution is 0.0890. The molecular weight excluding hydrogens is 406 g/mol. The molecule has 8 nitrogen and oxygen atoms in total. The molecule has 8 heteroatoms. The minimum absolute atomic E-state index is 0.0862. The first kappa shape index (κ1) is 20.6. The average molecular weight is 434 g/mol. The van der Waals surface area contributed by atoms with Crippen molar-refractivity contribution in [3.8, 4) is 5.75 Å². The summed E-state index contributed by atoms with van der Waals surface area (Å²) in [5.41, 5.74) is 3.17. The quantitative estimate of drug-likeness (QED) is 0.662. The lowest BCUT2D eigenvalue weighted by Crippen LogP contribution is -2.40. The number of amides is 1. The van der Waals surface area contributed by atoms with E-state index in [0.717, 1.165) is 74.5 Å². The van der Waals surface area contributed by atoms with Crippen LogP contribution in [0.4, 0.5) is 5.69 Å². The summed E-state index contributed by atoms with van der Waals surface area (Å²) in [5.74, 6) is 0.660. The summed E-state index contributed by atoms with van der Waals surface area (Å²) in [6, 6.07) is 9.66. The molecule has 3 heterocycles. The lowest BCUT2D eigenvalue weighted by atomic mass is 9.92. The number of anilines is 1. The monoisotopic (exact) mass is 433 g/mol. The van der Waals surface area contributed by atoms with E-state index in [1.165, 1.54) is 0 Å². The Morgan fingerprint density at radius 3 is 2.59 bits per heavy atom. The molecule has 1 saturated heterocycles. The number of fused-ring (bicyclic) bond motifs is 1. The molecule has 2 aromatic heterocycles. The number of benzene rings is 1. The van der Waals surface area contributed by atoms with E-state index in [4.69, 9.17) is 9.47 Å². The summed E-state index contributed by atoms with van der Waals surface area (Å²) in [7, 11) is 0. The number of rotatable bonds is 5. The molecule has 1 N–H and O–H groups in total. The van der Waals surface area contributed by atoms with Crippen LogP contribution in [-0.4, -0.2) is 59.3 Å². The Morgan fingerprint density at radius 2 is 1.81 bits per heavy atom. The first-order chi connectivity index (χ1) is 15.8. The number of morpholine rings is 1. The van der Waals surface area contributed by atoms with Crippen molar-refractivity contribution in [2.75, 3.05) is 31.2 Å². The van der Waals surface area contributed by atoms with Crippen molar-refractivity contribution >= 4 is 22.6 Å². The molecule has 2 fully saturated rings. The molecule has 3 aromatic rings. The molecule has 32 heavy (non-hydrogen) atoms. The summed E-state index contributed by atoms with van der Waals surface area (Å²) >= 11 is 0. The van der Waals surface area contributed by atoms with E-state index >= 15 is 0 Å². The van der Waals surface area contributed by atoms with E-state index in [1.807, 2.05) is 12.1 Å². The van der Waals surface area contributed by atoms with E-state index < -0.39 is 0 Å². The second-order valence-electron chi connectivity index (χ2n) is 8.25. The molecule has 0 unspecified atom stereocenters. The largest absolute Gasteiger partial charge is 0.488 e. The Bertz CT molecular complexity index is 1060. The fourth-order valence-corrected chi connectivity index (χ4v) is 4.38. The van der Waals surface area contributed by atoms with Crippen molar-refractivity contribution in [1.82, 2.24) is 20.3 Å². The number of aromatic nitrogens is 3. The van der Waals surface area contributed by atoms with Gasteiger partial charge in [0.25, 0.3) is 5.91 Å². The van der Waals surface area contributed by atoms with Gasteiger partial charge in [0.2, 0.25) is 0 Å². The molecule has 0 atom stereocenters. The van der Waals surface area contributed by atoms with Gasteiger partial charge in [0.05, 0.1) is 24.8 Å². The molecule has 0 radical (unpaired) electrons. The summed E-state index contributed by atoms with van der Waals surface area (Å²) in [4.78, 5) is 27.9. The van der Waals surface area contributed by atoms with E-state index in [9.17, 15) is 4.79 Å². The van der Waals surface area contributed by atoms with Crippen LogP contribution in [0.1, 0.15) is 36.2 Å². The summed E-state index contributed by atoms with van der Waals surface area (Å²) in [6.45, 7) is 3.16. The molecule has 5 rings (SSSR count). The van der Waals surface area contributed by atoms with Gasteiger partial charge < -0.3 is 19.7 Å². The Balaban J connectivity index is 1.25. The van der Waals surface area contributed by atoms with Gasteiger partial charge >= 0.3 is 0 Å². The molecule has 1 aliphatic carbocycles. The van der Waals surface area contributed by atoms with Crippen LogP contribution >= 0.6 is 0 Å². The maximum atomic E-state index is 12.4. The zero-order chi connectivity index (χ0) is 21.8. The Kier molecular flexibility index (Phi) is 6.11. The standard InChI is InChI=1S/C24H27N5O3/c30-24(20-3-1-2-8-25-20)28-17-4-6-19(7-5-17)32-22-16-18(29-11-13-31-14-12-29)15-21-23(22)27-10-9-26-21/h1-3,8-10,15-17,19H,4-7,11-14H2,(H,28,30)/t17-,19+. The van der Waals surface area contributed by atoms with Crippen molar-refractivity contribution in [2.24, 2.45) is 0 Å². The fraction of sp³-hybridized carbons (Fsp3) is 0.417. The predicted octanol–water partition coefficient (Wildman–Crippen LogP) is 2.98. The van der Waals surface area contributed by atoms with Gasteiger partial charge in [0, 0.05) is 49.5 Å². The third kappa shape index (κ3) is 4.65. The summed E-state index contributed by atoms with van der Waals surface area (Å²) in [6.07, 6.45) is 8.62. The number of hydrogen-bond acceptors (Lipinski definition) is 7. The zero-order valence-corrected chi connectivity index (χ0v) is 17.9. The first-order valence-electron chi connectivity index (χ1n) is 11.2. The van der Waals surface area contributed by atoms with E-state index in [-0.39, 0.29) is 18.1 Å². The predicted molar refractivity (Wildman–Crippen MR) is 121 cm³/mol. The molecule has 1 aliphatic heterocycles. The zero-order valence-electron chi connectivity index (χ0n) is 17.9. The van der Waals surface area contributed by atoms with Crippen molar-refractivity contribution in [3.63, 3.8) is 0 Å². The van der Waals surface area contributed by atoms with E-state index in [2.05, 4.69) is 37.3 Å². The highest BCUT2D eigenvalue weighted by atomic mass is 16.5. The van der Waals surface area contributed by atoms with Crippen LogP contribution in [0.3, 0.4) is 0 Å². The Hall–Kier alpha value is -3.26. The normalized spacial score (nSPS) is 21.3.